The van der Waals surface area contributed by atoms with Crippen LogP contribution in [0.5, 0.6) is 0 Å². The number of nitrogens with one attached hydrogen (secondary N) is 2. The van der Waals surface area contributed by atoms with E-state index in [1.165, 1.54) is 12.3 Å². The van der Waals surface area contributed by atoms with Crippen molar-refractivity contribution >= 4 is 31.8 Å². The van der Waals surface area contributed by atoms with Crippen molar-refractivity contribution in [2.75, 3.05) is 12.0 Å². The first-order chi connectivity index (χ1) is 8.01. The standard InChI is InChI=1S/C9H15BrN4O2S/c1-2-3-4-13-17(15,16)8-5-7(10)6-12-9(8)14-11/h5-6,13H,2-4,11H2,1H3,(H,12,14). The lowest BCUT2D eigenvalue weighted by atomic mass is 10.3. The minimum Gasteiger partial charge on any atom is -0.307 e. The average molecular weight is 323 g/mol. The van der Waals surface area contributed by atoms with Gasteiger partial charge in [0.1, 0.15) is 4.90 Å². The van der Waals surface area contributed by atoms with Crippen LogP contribution in [0.3, 0.4) is 0 Å². The summed E-state index contributed by atoms with van der Waals surface area (Å²) in [6.45, 7) is 2.39. The third-order valence-electron chi connectivity index (χ3n) is 2.07. The molecule has 0 aliphatic carbocycles. The Morgan fingerprint density at radius 1 is 1.53 bits per heavy atom. The summed E-state index contributed by atoms with van der Waals surface area (Å²) in [5.41, 5.74) is 2.27. The van der Waals surface area contributed by atoms with Crippen molar-refractivity contribution in [2.45, 2.75) is 24.7 Å². The van der Waals surface area contributed by atoms with Crippen LogP contribution < -0.4 is 16.0 Å². The molecular formula is C9H15BrN4O2S. The summed E-state index contributed by atoms with van der Waals surface area (Å²) in [6.07, 6.45) is 3.17. The number of hydrogen-bond donors (Lipinski definition) is 3. The van der Waals surface area contributed by atoms with Gasteiger partial charge >= 0.3 is 0 Å². The molecule has 8 heteroatoms. The van der Waals surface area contributed by atoms with Crippen molar-refractivity contribution in [2.24, 2.45) is 5.84 Å². The van der Waals surface area contributed by atoms with Crippen LogP contribution in [0, 0.1) is 0 Å². The molecule has 1 rings (SSSR count). The predicted octanol–water partition coefficient (Wildman–Crippen LogP) is 1.21. The molecule has 0 aliphatic rings. The first-order valence-electron chi connectivity index (χ1n) is 5.13. The first-order valence-corrected chi connectivity index (χ1v) is 7.40. The van der Waals surface area contributed by atoms with Crippen molar-refractivity contribution in [3.8, 4) is 0 Å². The highest BCUT2D eigenvalue weighted by Gasteiger charge is 2.19. The number of aromatic nitrogens is 1. The van der Waals surface area contributed by atoms with Crippen LogP contribution in [0.2, 0.25) is 0 Å². The Morgan fingerprint density at radius 2 is 2.24 bits per heavy atom. The van der Waals surface area contributed by atoms with E-state index in [1.54, 1.807) is 0 Å². The molecule has 96 valence electrons. The molecule has 0 saturated heterocycles. The van der Waals surface area contributed by atoms with Crippen molar-refractivity contribution in [1.29, 1.82) is 0 Å². The number of sulfonamides is 1. The van der Waals surface area contributed by atoms with E-state index >= 15 is 0 Å². The van der Waals surface area contributed by atoms with Gasteiger partial charge in [-0.25, -0.2) is 24.0 Å². The molecule has 17 heavy (non-hydrogen) atoms. The zero-order valence-electron chi connectivity index (χ0n) is 9.40. The average Bonchev–Trinajstić information content (AvgIpc) is 2.29. The smallest absolute Gasteiger partial charge is 0.244 e. The molecule has 1 heterocycles. The third kappa shape index (κ3) is 3.91. The zero-order valence-corrected chi connectivity index (χ0v) is 11.8. The van der Waals surface area contributed by atoms with Crippen LogP contribution in [-0.2, 0) is 10.0 Å². The number of nitrogen functional groups attached to an aromatic ring is 1. The molecule has 0 unspecified atom stereocenters. The largest absolute Gasteiger partial charge is 0.307 e. The van der Waals surface area contributed by atoms with Gasteiger partial charge in [-0.05, 0) is 28.4 Å². The van der Waals surface area contributed by atoms with E-state index < -0.39 is 10.0 Å². The van der Waals surface area contributed by atoms with Crippen molar-refractivity contribution in [1.82, 2.24) is 9.71 Å². The van der Waals surface area contributed by atoms with Gasteiger partial charge in [0.25, 0.3) is 0 Å². The molecule has 0 saturated carbocycles. The Bertz CT molecular complexity index is 478. The van der Waals surface area contributed by atoms with E-state index in [9.17, 15) is 8.42 Å². The van der Waals surface area contributed by atoms with Crippen molar-refractivity contribution in [3.63, 3.8) is 0 Å². The summed E-state index contributed by atoms with van der Waals surface area (Å²) >= 11 is 3.18. The maximum atomic E-state index is 12.0. The van der Waals surface area contributed by atoms with E-state index in [-0.39, 0.29) is 10.7 Å². The van der Waals surface area contributed by atoms with Gasteiger partial charge in [0.15, 0.2) is 5.82 Å². The van der Waals surface area contributed by atoms with Gasteiger partial charge < -0.3 is 5.43 Å². The highest BCUT2D eigenvalue weighted by Crippen LogP contribution is 2.21. The van der Waals surface area contributed by atoms with Crippen molar-refractivity contribution in [3.05, 3.63) is 16.7 Å². The minimum atomic E-state index is -3.58. The van der Waals surface area contributed by atoms with Crippen LogP contribution in [0.15, 0.2) is 21.6 Å². The molecule has 1 aromatic heterocycles. The molecule has 0 bridgehead atoms. The number of nitrogens with two attached hydrogens (primary N) is 1. The number of unbranched alkanes of at least 4 members (excludes halogenated alkanes) is 1. The van der Waals surface area contributed by atoms with Gasteiger partial charge in [-0.1, -0.05) is 13.3 Å². The van der Waals surface area contributed by atoms with Crippen LogP contribution >= 0.6 is 15.9 Å². The third-order valence-corrected chi connectivity index (χ3v) is 3.98. The lowest BCUT2D eigenvalue weighted by molar-refractivity contribution is 0.578. The summed E-state index contributed by atoms with van der Waals surface area (Å²) in [6, 6.07) is 1.45. The van der Waals surface area contributed by atoms with E-state index in [0.717, 1.165) is 12.8 Å². The van der Waals surface area contributed by atoms with Gasteiger partial charge in [0.2, 0.25) is 10.0 Å². The number of nitrogens with zero attached hydrogens (tertiary/aromatic N) is 1. The number of hydrazine groups is 1. The molecule has 0 atom stereocenters. The molecule has 0 aromatic carbocycles. The summed E-state index contributed by atoms with van der Waals surface area (Å²) in [5, 5.41) is 0. The number of anilines is 1. The highest BCUT2D eigenvalue weighted by molar-refractivity contribution is 9.10. The predicted molar refractivity (Wildman–Crippen MR) is 69.8 cm³/mol. The Balaban J connectivity index is 3.00. The van der Waals surface area contributed by atoms with Gasteiger partial charge in [-0.15, -0.1) is 0 Å². The van der Waals surface area contributed by atoms with Gasteiger partial charge in [-0.3, -0.25) is 0 Å². The topological polar surface area (TPSA) is 97.1 Å². The van der Waals surface area contributed by atoms with Gasteiger partial charge in [0.05, 0.1) is 0 Å². The number of rotatable bonds is 6. The van der Waals surface area contributed by atoms with Crippen LogP contribution in [-0.4, -0.2) is 19.9 Å². The lowest BCUT2D eigenvalue weighted by Gasteiger charge is -2.10. The number of hydrogen-bond acceptors (Lipinski definition) is 5. The molecular weight excluding hydrogens is 308 g/mol. The van der Waals surface area contributed by atoms with Crippen molar-refractivity contribution < 1.29 is 8.42 Å². The Hall–Kier alpha value is -0.700. The summed E-state index contributed by atoms with van der Waals surface area (Å²) < 4.78 is 27.0. The second-order valence-corrected chi connectivity index (χ2v) is 6.05. The Labute approximate surface area is 109 Å². The molecule has 0 radical (unpaired) electrons. The zero-order chi connectivity index (χ0) is 12.9. The fourth-order valence-electron chi connectivity index (χ4n) is 1.20. The van der Waals surface area contributed by atoms with Crippen LogP contribution in [0.25, 0.3) is 0 Å². The second-order valence-electron chi connectivity index (χ2n) is 3.40. The summed E-state index contributed by atoms with van der Waals surface area (Å²) in [4.78, 5) is 3.92. The second kappa shape index (κ2) is 6.29. The number of halogens is 1. The van der Waals surface area contributed by atoms with E-state index in [4.69, 9.17) is 5.84 Å². The minimum absolute atomic E-state index is 0.0329. The maximum absolute atomic E-state index is 12.0. The molecule has 1 aromatic rings. The molecule has 6 nitrogen and oxygen atoms in total. The monoisotopic (exact) mass is 322 g/mol. The highest BCUT2D eigenvalue weighted by atomic mass is 79.9. The van der Waals surface area contributed by atoms with E-state index in [1.807, 2.05) is 6.92 Å². The van der Waals surface area contributed by atoms with Crippen LogP contribution in [0.1, 0.15) is 19.8 Å². The Kier molecular flexibility index (Phi) is 5.31. The number of pyridine rings is 1. The van der Waals surface area contributed by atoms with Gasteiger partial charge in [0, 0.05) is 17.2 Å². The van der Waals surface area contributed by atoms with E-state index in [2.05, 4.69) is 31.1 Å². The lowest BCUT2D eigenvalue weighted by Crippen LogP contribution is -2.26. The molecule has 0 aliphatic heterocycles. The van der Waals surface area contributed by atoms with Gasteiger partial charge in [-0.2, -0.15) is 0 Å². The summed E-state index contributed by atoms with van der Waals surface area (Å²) in [5.74, 6) is 5.35. The molecule has 0 spiro atoms. The molecule has 0 fully saturated rings. The first kappa shape index (κ1) is 14.4. The molecule has 4 N–H and O–H groups in total. The van der Waals surface area contributed by atoms with Crippen LogP contribution in [0.4, 0.5) is 5.82 Å². The fourth-order valence-corrected chi connectivity index (χ4v) is 2.89. The summed E-state index contributed by atoms with van der Waals surface area (Å²) in [7, 11) is -3.58. The normalized spacial score (nSPS) is 11.5. The van der Waals surface area contributed by atoms with E-state index in [0.29, 0.717) is 11.0 Å². The maximum Gasteiger partial charge on any atom is 0.244 e. The molecule has 0 amide bonds. The Morgan fingerprint density at radius 3 is 2.82 bits per heavy atom. The fraction of sp³-hybridized carbons (Fsp3) is 0.444. The SMILES string of the molecule is CCCCNS(=O)(=O)c1cc(Br)cnc1NN. The quantitative estimate of drug-likeness (QED) is 0.415.